The van der Waals surface area contributed by atoms with Crippen LogP contribution in [0.25, 0.3) is 0 Å². The van der Waals surface area contributed by atoms with Crippen LogP contribution < -0.4 is 11.1 Å². The molecule has 0 spiro atoms. The second-order valence-electron chi connectivity index (χ2n) is 5.59. The van der Waals surface area contributed by atoms with Gasteiger partial charge in [-0.25, -0.2) is 0 Å². The molecule has 2 rings (SSSR count). The average molecular weight is 291 g/mol. The van der Waals surface area contributed by atoms with E-state index in [1.54, 1.807) is 6.07 Å². The third kappa shape index (κ3) is 4.44. The van der Waals surface area contributed by atoms with E-state index in [0.717, 1.165) is 50.4 Å². The number of aryl methyl sites for hydroxylation is 2. The second kappa shape index (κ2) is 7.43. The molecule has 3 N–H and O–H groups in total. The highest BCUT2D eigenvalue weighted by Crippen LogP contribution is 2.17. The number of hydrogen-bond donors (Lipinski definition) is 2. The minimum Gasteiger partial charge on any atom is -0.398 e. The molecule has 1 aliphatic rings. The minimum absolute atomic E-state index is 0.0406. The molecule has 0 aromatic heterocycles. The molecule has 1 aliphatic heterocycles. The van der Waals surface area contributed by atoms with Gasteiger partial charge in [0.25, 0.3) is 5.91 Å². The normalized spacial score (nSPS) is 15.9. The van der Waals surface area contributed by atoms with Crippen molar-refractivity contribution in [2.45, 2.75) is 20.3 Å². The molecule has 1 amide bonds. The maximum Gasteiger partial charge on any atom is 0.251 e. The van der Waals surface area contributed by atoms with Gasteiger partial charge in [-0.05, 0) is 44.0 Å². The van der Waals surface area contributed by atoms with Crippen molar-refractivity contribution in [1.82, 2.24) is 10.2 Å². The Morgan fingerprint density at radius 2 is 2.00 bits per heavy atom. The van der Waals surface area contributed by atoms with Gasteiger partial charge in [0.1, 0.15) is 0 Å². The monoisotopic (exact) mass is 291 g/mol. The highest BCUT2D eigenvalue weighted by Gasteiger charge is 2.12. The fourth-order valence-electron chi connectivity index (χ4n) is 2.54. The number of ether oxygens (including phenoxy) is 1. The van der Waals surface area contributed by atoms with Crippen LogP contribution in [0.5, 0.6) is 0 Å². The van der Waals surface area contributed by atoms with Gasteiger partial charge >= 0.3 is 0 Å². The largest absolute Gasteiger partial charge is 0.398 e. The molecule has 5 nitrogen and oxygen atoms in total. The predicted octanol–water partition coefficient (Wildman–Crippen LogP) is 1.34. The van der Waals surface area contributed by atoms with Gasteiger partial charge in [-0.3, -0.25) is 9.69 Å². The van der Waals surface area contributed by atoms with Crippen molar-refractivity contribution >= 4 is 11.6 Å². The average Bonchev–Trinajstić information content (AvgIpc) is 2.48. The Bertz CT molecular complexity index is 497. The summed E-state index contributed by atoms with van der Waals surface area (Å²) < 4.78 is 5.31. The van der Waals surface area contributed by atoms with Crippen molar-refractivity contribution in [3.8, 4) is 0 Å². The molecule has 1 fully saturated rings. The topological polar surface area (TPSA) is 67.6 Å². The Morgan fingerprint density at radius 1 is 1.29 bits per heavy atom. The number of carbonyl (C=O) groups is 1. The molecule has 1 heterocycles. The van der Waals surface area contributed by atoms with Crippen molar-refractivity contribution in [1.29, 1.82) is 0 Å². The lowest BCUT2D eigenvalue weighted by atomic mass is 10.0. The number of nitrogens with one attached hydrogen (secondary N) is 1. The third-order valence-corrected chi connectivity index (χ3v) is 3.90. The number of rotatable bonds is 5. The summed E-state index contributed by atoms with van der Waals surface area (Å²) in [4.78, 5) is 14.5. The zero-order valence-electron chi connectivity index (χ0n) is 12.9. The molecule has 5 heteroatoms. The van der Waals surface area contributed by atoms with E-state index in [0.29, 0.717) is 17.8 Å². The van der Waals surface area contributed by atoms with Crippen molar-refractivity contribution in [3.63, 3.8) is 0 Å². The number of nitrogen functional groups attached to an aromatic ring is 1. The van der Waals surface area contributed by atoms with Crippen molar-refractivity contribution < 1.29 is 9.53 Å². The predicted molar refractivity (Wildman–Crippen MR) is 84.5 cm³/mol. The SMILES string of the molecule is Cc1cc(C)c(C(=O)NCCCN2CCOCC2)cc1N. The van der Waals surface area contributed by atoms with Gasteiger partial charge in [-0.1, -0.05) is 6.07 Å². The van der Waals surface area contributed by atoms with Crippen LogP contribution in [0.3, 0.4) is 0 Å². The number of nitrogens with two attached hydrogens (primary N) is 1. The fourth-order valence-corrected chi connectivity index (χ4v) is 2.54. The number of carbonyl (C=O) groups excluding carboxylic acids is 1. The molecule has 21 heavy (non-hydrogen) atoms. The first-order valence-electron chi connectivity index (χ1n) is 7.53. The van der Waals surface area contributed by atoms with Gasteiger partial charge in [-0.2, -0.15) is 0 Å². The van der Waals surface area contributed by atoms with Crippen LogP contribution in [0.1, 0.15) is 27.9 Å². The van der Waals surface area contributed by atoms with Crippen LogP contribution in [0.4, 0.5) is 5.69 Å². The van der Waals surface area contributed by atoms with E-state index in [9.17, 15) is 4.79 Å². The summed E-state index contributed by atoms with van der Waals surface area (Å²) in [7, 11) is 0. The second-order valence-corrected chi connectivity index (χ2v) is 5.59. The molecule has 0 radical (unpaired) electrons. The van der Waals surface area contributed by atoms with E-state index < -0.39 is 0 Å². The van der Waals surface area contributed by atoms with Gasteiger partial charge in [0.05, 0.1) is 13.2 Å². The van der Waals surface area contributed by atoms with Gasteiger partial charge in [-0.15, -0.1) is 0 Å². The quantitative estimate of drug-likeness (QED) is 0.634. The molecule has 1 aromatic carbocycles. The van der Waals surface area contributed by atoms with Crippen molar-refractivity contribution in [2.75, 3.05) is 45.1 Å². The van der Waals surface area contributed by atoms with E-state index in [2.05, 4.69) is 10.2 Å². The number of benzene rings is 1. The van der Waals surface area contributed by atoms with Crippen molar-refractivity contribution in [2.24, 2.45) is 0 Å². The summed E-state index contributed by atoms with van der Waals surface area (Å²) in [6.07, 6.45) is 0.951. The third-order valence-electron chi connectivity index (χ3n) is 3.90. The van der Waals surface area contributed by atoms with Gasteiger partial charge in [0.2, 0.25) is 0 Å². The summed E-state index contributed by atoms with van der Waals surface area (Å²) in [6, 6.07) is 3.72. The Kier molecular flexibility index (Phi) is 5.59. The molecular formula is C16H25N3O2. The molecule has 1 saturated heterocycles. The smallest absolute Gasteiger partial charge is 0.251 e. The summed E-state index contributed by atoms with van der Waals surface area (Å²) in [6.45, 7) is 9.18. The lowest BCUT2D eigenvalue weighted by Crippen LogP contribution is -2.38. The number of hydrogen-bond acceptors (Lipinski definition) is 4. The number of nitrogens with zero attached hydrogens (tertiary/aromatic N) is 1. The number of anilines is 1. The van der Waals surface area contributed by atoms with Gasteiger partial charge < -0.3 is 15.8 Å². The van der Waals surface area contributed by atoms with Gasteiger partial charge in [0.15, 0.2) is 0 Å². The van der Waals surface area contributed by atoms with E-state index in [1.807, 2.05) is 19.9 Å². The van der Waals surface area contributed by atoms with E-state index in [1.165, 1.54) is 0 Å². The fraction of sp³-hybridized carbons (Fsp3) is 0.562. The molecule has 0 bridgehead atoms. The summed E-state index contributed by atoms with van der Waals surface area (Å²) >= 11 is 0. The van der Waals surface area contributed by atoms with Crippen LogP contribution >= 0.6 is 0 Å². The highest BCUT2D eigenvalue weighted by molar-refractivity contribution is 5.96. The standard InChI is InChI=1S/C16H25N3O2/c1-12-10-13(2)15(17)11-14(12)16(20)18-4-3-5-19-6-8-21-9-7-19/h10-11H,3-9,17H2,1-2H3,(H,18,20). The summed E-state index contributed by atoms with van der Waals surface area (Å²) in [5, 5.41) is 2.97. The van der Waals surface area contributed by atoms with E-state index in [-0.39, 0.29) is 5.91 Å². The van der Waals surface area contributed by atoms with Crippen LogP contribution in [0, 0.1) is 13.8 Å². The lowest BCUT2D eigenvalue weighted by molar-refractivity contribution is 0.0374. The number of morpholine rings is 1. The van der Waals surface area contributed by atoms with Crippen LogP contribution in [0.2, 0.25) is 0 Å². The zero-order chi connectivity index (χ0) is 15.2. The zero-order valence-corrected chi connectivity index (χ0v) is 12.9. The first-order chi connectivity index (χ1) is 10.1. The minimum atomic E-state index is -0.0406. The van der Waals surface area contributed by atoms with Gasteiger partial charge in [0, 0.05) is 30.9 Å². The first-order valence-corrected chi connectivity index (χ1v) is 7.53. The Balaban J connectivity index is 1.78. The molecule has 0 aliphatic carbocycles. The molecule has 116 valence electrons. The summed E-state index contributed by atoms with van der Waals surface area (Å²) in [5.41, 5.74) is 9.19. The number of amides is 1. The lowest BCUT2D eigenvalue weighted by Gasteiger charge is -2.26. The molecule has 0 saturated carbocycles. The molecular weight excluding hydrogens is 266 g/mol. The Labute approximate surface area is 126 Å². The molecule has 0 atom stereocenters. The molecule has 0 unspecified atom stereocenters. The maximum atomic E-state index is 12.2. The van der Waals surface area contributed by atoms with Crippen LogP contribution in [0.15, 0.2) is 12.1 Å². The maximum absolute atomic E-state index is 12.2. The highest BCUT2D eigenvalue weighted by atomic mass is 16.5. The Morgan fingerprint density at radius 3 is 2.71 bits per heavy atom. The van der Waals surface area contributed by atoms with E-state index >= 15 is 0 Å². The van der Waals surface area contributed by atoms with Crippen LogP contribution in [-0.4, -0.2) is 50.2 Å². The van der Waals surface area contributed by atoms with Crippen molar-refractivity contribution in [3.05, 3.63) is 28.8 Å². The Hall–Kier alpha value is -1.59. The van der Waals surface area contributed by atoms with Crippen LogP contribution in [-0.2, 0) is 4.74 Å². The first kappa shape index (κ1) is 15.8. The summed E-state index contributed by atoms with van der Waals surface area (Å²) in [5.74, 6) is -0.0406. The molecule has 1 aromatic rings. The van der Waals surface area contributed by atoms with E-state index in [4.69, 9.17) is 10.5 Å².